The van der Waals surface area contributed by atoms with Crippen LogP contribution in [0.15, 0.2) is 36.7 Å². The van der Waals surface area contributed by atoms with Gasteiger partial charge in [-0.2, -0.15) is 0 Å². The number of anilines is 1. The van der Waals surface area contributed by atoms with E-state index in [1.165, 1.54) is 6.20 Å². The van der Waals surface area contributed by atoms with Crippen LogP contribution >= 0.6 is 0 Å². The van der Waals surface area contributed by atoms with Gasteiger partial charge in [-0.1, -0.05) is 24.3 Å². The van der Waals surface area contributed by atoms with E-state index >= 15 is 0 Å². The molecule has 0 spiro atoms. The number of hydrogen-bond acceptors (Lipinski definition) is 5. The Labute approximate surface area is 136 Å². The van der Waals surface area contributed by atoms with Crippen molar-refractivity contribution >= 4 is 11.7 Å². The standard InChI is InChI=1S/C17H22N4O2/c1-13-6-3-4-7-14(13)10-21-17(22)15-11-20-16(12-19-15)18-8-5-9-23-2/h3-4,6-7,11-12H,5,8-10H2,1-2H3,(H,18,20)(H,21,22). The number of nitrogens with zero attached hydrogens (tertiary/aromatic N) is 2. The van der Waals surface area contributed by atoms with Gasteiger partial charge in [-0.25, -0.2) is 9.97 Å². The van der Waals surface area contributed by atoms with Crippen molar-refractivity contribution in [3.8, 4) is 0 Å². The second kappa shape index (κ2) is 8.85. The summed E-state index contributed by atoms with van der Waals surface area (Å²) in [5.74, 6) is 0.420. The molecule has 2 aromatic rings. The van der Waals surface area contributed by atoms with Crippen molar-refractivity contribution in [2.75, 3.05) is 25.6 Å². The Balaban J connectivity index is 1.84. The Morgan fingerprint density at radius 3 is 2.74 bits per heavy atom. The first kappa shape index (κ1) is 16.9. The van der Waals surface area contributed by atoms with Crippen molar-refractivity contribution in [2.24, 2.45) is 0 Å². The number of nitrogens with one attached hydrogen (secondary N) is 2. The number of carbonyl (C=O) groups is 1. The van der Waals surface area contributed by atoms with Crippen LogP contribution in [-0.4, -0.2) is 36.1 Å². The highest BCUT2D eigenvalue weighted by Crippen LogP contribution is 2.07. The maximum atomic E-state index is 12.1. The molecule has 2 N–H and O–H groups in total. The molecule has 0 bridgehead atoms. The van der Waals surface area contributed by atoms with Crippen LogP contribution in [0.1, 0.15) is 28.0 Å². The number of rotatable bonds is 8. The summed E-state index contributed by atoms with van der Waals surface area (Å²) in [5, 5.41) is 5.98. The van der Waals surface area contributed by atoms with E-state index in [4.69, 9.17) is 4.74 Å². The van der Waals surface area contributed by atoms with Crippen LogP contribution in [0.3, 0.4) is 0 Å². The molecule has 6 nitrogen and oxygen atoms in total. The molecule has 0 fully saturated rings. The Morgan fingerprint density at radius 2 is 2.04 bits per heavy atom. The van der Waals surface area contributed by atoms with E-state index in [0.717, 1.165) is 24.1 Å². The number of aryl methyl sites for hydroxylation is 1. The summed E-state index contributed by atoms with van der Waals surface area (Å²) in [6.45, 7) is 3.94. The zero-order valence-corrected chi connectivity index (χ0v) is 13.5. The number of hydrogen-bond donors (Lipinski definition) is 2. The molecule has 2 rings (SSSR count). The fraction of sp³-hybridized carbons (Fsp3) is 0.353. The molecule has 1 heterocycles. The van der Waals surface area contributed by atoms with Crippen LogP contribution < -0.4 is 10.6 Å². The van der Waals surface area contributed by atoms with Gasteiger partial charge in [0.15, 0.2) is 0 Å². The van der Waals surface area contributed by atoms with Crippen LogP contribution in [0.25, 0.3) is 0 Å². The molecule has 1 aromatic carbocycles. The number of benzene rings is 1. The molecule has 6 heteroatoms. The van der Waals surface area contributed by atoms with E-state index in [-0.39, 0.29) is 5.91 Å². The molecule has 0 atom stereocenters. The third kappa shape index (κ3) is 5.34. The van der Waals surface area contributed by atoms with Crippen LogP contribution in [0.4, 0.5) is 5.82 Å². The van der Waals surface area contributed by atoms with E-state index in [1.54, 1.807) is 13.3 Å². The number of carbonyl (C=O) groups excluding carboxylic acids is 1. The van der Waals surface area contributed by atoms with Crippen LogP contribution in [-0.2, 0) is 11.3 Å². The fourth-order valence-corrected chi connectivity index (χ4v) is 2.04. The van der Waals surface area contributed by atoms with E-state index < -0.39 is 0 Å². The summed E-state index contributed by atoms with van der Waals surface area (Å²) < 4.78 is 4.97. The highest BCUT2D eigenvalue weighted by molar-refractivity contribution is 5.91. The monoisotopic (exact) mass is 314 g/mol. The van der Waals surface area contributed by atoms with Gasteiger partial charge in [-0.05, 0) is 24.5 Å². The summed E-state index contributed by atoms with van der Waals surface area (Å²) in [6.07, 6.45) is 3.93. The van der Waals surface area contributed by atoms with Gasteiger partial charge in [-0.3, -0.25) is 4.79 Å². The molecule has 1 aromatic heterocycles. The summed E-state index contributed by atoms with van der Waals surface area (Å²) in [5.41, 5.74) is 2.54. The number of methoxy groups -OCH3 is 1. The third-order valence-corrected chi connectivity index (χ3v) is 3.42. The van der Waals surface area contributed by atoms with Crippen molar-refractivity contribution < 1.29 is 9.53 Å². The van der Waals surface area contributed by atoms with Crippen molar-refractivity contribution in [3.05, 3.63) is 53.5 Å². The topological polar surface area (TPSA) is 76.1 Å². The maximum Gasteiger partial charge on any atom is 0.271 e. The lowest BCUT2D eigenvalue weighted by molar-refractivity contribution is 0.0945. The number of aromatic nitrogens is 2. The van der Waals surface area contributed by atoms with Gasteiger partial charge >= 0.3 is 0 Å². The second-order valence-electron chi connectivity index (χ2n) is 5.17. The molecule has 122 valence electrons. The normalized spacial score (nSPS) is 10.3. The van der Waals surface area contributed by atoms with Gasteiger partial charge in [0.2, 0.25) is 0 Å². The van der Waals surface area contributed by atoms with E-state index in [2.05, 4.69) is 20.6 Å². The van der Waals surface area contributed by atoms with Gasteiger partial charge in [0.25, 0.3) is 5.91 Å². The van der Waals surface area contributed by atoms with E-state index in [0.29, 0.717) is 24.7 Å². The summed E-state index contributed by atoms with van der Waals surface area (Å²) in [7, 11) is 1.67. The summed E-state index contributed by atoms with van der Waals surface area (Å²) >= 11 is 0. The Hall–Kier alpha value is -2.47. The lowest BCUT2D eigenvalue weighted by atomic mass is 10.1. The molecule has 0 aliphatic heterocycles. The molecule has 23 heavy (non-hydrogen) atoms. The fourth-order valence-electron chi connectivity index (χ4n) is 2.04. The van der Waals surface area contributed by atoms with Gasteiger partial charge < -0.3 is 15.4 Å². The highest BCUT2D eigenvalue weighted by atomic mass is 16.5. The molecule has 0 saturated heterocycles. The predicted octanol–water partition coefficient (Wildman–Crippen LogP) is 2.16. The van der Waals surface area contributed by atoms with Gasteiger partial charge in [0.1, 0.15) is 11.5 Å². The minimum absolute atomic E-state index is 0.230. The largest absolute Gasteiger partial charge is 0.385 e. The first-order chi connectivity index (χ1) is 11.2. The minimum atomic E-state index is -0.230. The maximum absolute atomic E-state index is 12.1. The quantitative estimate of drug-likeness (QED) is 0.730. The summed E-state index contributed by atoms with van der Waals surface area (Å²) in [4.78, 5) is 20.4. The lowest BCUT2D eigenvalue weighted by Gasteiger charge is -2.08. The average Bonchev–Trinajstić information content (AvgIpc) is 2.58. The molecular weight excluding hydrogens is 292 g/mol. The van der Waals surface area contributed by atoms with E-state index in [9.17, 15) is 4.79 Å². The number of ether oxygens (including phenoxy) is 1. The van der Waals surface area contributed by atoms with Crippen molar-refractivity contribution in [1.82, 2.24) is 15.3 Å². The van der Waals surface area contributed by atoms with Crippen molar-refractivity contribution in [3.63, 3.8) is 0 Å². The minimum Gasteiger partial charge on any atom is -0.385 e. The lowest BCUT2D eigenvalue weighted by Crippen LogP contribution is -2.24. The van der Waals surface area contributed by atoms with Crippen LogP contribution in [0, 0.1) is 6.92 Å². The zero-order valence-electron chi connectivity index (χ0n) is 13.5. The Bertz CT molecular complexity index is 629. The Kier molecular flexibility index (Phi) is 6.50. The Morgan fingerprint density at radius 1 is 1.22 bits per heavy atom. The molecule has 0 saturated carbocycles. The SMILES string of the molecule is COCCCNc1cnc(C(=O)NCc2ccccc2C)cn1. The van der Waals surface area contributed by atoms with E-state index in [1.807, 2.05) is 31.2 Å². The molecule has 0 aliphatic carbocycles. The van der Waals surface area contributed by atoms with Crippen LogP contribution in [0.5, 0.6) is 0 Å². The van der Waals surface area contributed by atoms with Crippen molar-refractivity contribution in [1.29, 1.82) is 0 Å². The molecule has 0 aliphatic rings. The van der Waals surface area contributed by atoms with Gasteiger partial charge in [-0.15, -0.1) is 0 Å². The molecule has 0 radical (unpaired) electrons. The first-order valence-corrected chi connectivity index (χ1v) is 7.58. The van der Waals surface area contributed by atoms with Crippen molar-refractivity contribution in [2.45, 2.75) is 19.9 Å². The predicted molar refractivity (Wildman–Crippen MR) is 89.4 cm³/mol. The smallest absolute Gasteiger partial charge is 0.271 e. The molecular formula is C17H22N4O2. The summed E-state index contributed by atoms with van der Waals surface area (Å²) in [6, 6.07) is 7.95. The molecule has 0 unspecified atom stereocenters. The van der Waals surface area contributed by atoms with Gasteiger partial charge in [0, 0.05) is 26.8 Å². The second-order valence-corrected chi connectivity index (χ2v) is 5.17. The van der Waals surface area contributed by atoms with Crippen LogP contribution in [0.2, 0.25) is 0 Å². The highest BCUT2D eigenvalue weighted by Gasteiger charge is 2.08. The third-order valence-electron chi connectivity index (χ3n) is 3.42. The first-order valence-electron chi connectivity index (χ1n) is 7.58. The van der Waals surface area contributed by atoms with Gasteiger partial charge in [0.05, 0.1) is 12.4 Å². The molecule has 1 amide bonds. The number of amides is 1. The average molecular weight is 314 g/mol. The zero-order chi connectivity index (χ0) is 16.5.